The minimum atomic E-state index is -3.19. The molecule has 0 aromatic heterocycles. The van der Waals surface area contributed by atoms with Crippen LogP contribution in [0.3, 0.4) is 0 Å². The number of hydrogen-bond acceptors (Lipinski definition) is 4. The van der Waals surface area contributed by atoms with Crippen LogP contribution >= 0.6 is 0 Å². The molecule has 18 heavy (non-hydrogen) atoms. The van der Waals surface area contributed by atoms with Crippen molar-refractivity contribution >= 4 is 21.4 Å². The van der Waals surface area contributed by atoms with Gasteiger partial charge in [0.05, 0.1) is 10.6 Å². The van der Waals surface area contributed by atoms with Crippen molar-refractivity contribution in [3.63, 3.8) is 0 Å². The quantitative estimate of drug-likeness (QED) is 0.858. The van der Waals surface area contributed by atoms with Gasteiger partial charge in [-0.3, -0.25) is 4.79 Å². The van der Waals surface area contributed by atoms with Gasteiger partial charge in [-0.2, -0.15) is 0 Å². The first-order valence-electron chi connectivity index (χ1n) is 5.71. The summed E-state index contributed by atoms with van der Waals surface area (Å²) < 4.78 is 23.2. The van der Waals surface area contributed by atoms with Crippen LogP contribution in [0.25, 0.3) is 0 Å². The summed E-state index contributed by atoms with van der Waals surface area (Å²) in [6.45, 7) is 1.89. The molecular formula is C12H18N2O3S. The summed E-state index contributed by atoms with van der Waals surface area (Å²) >= 11 is 0. The van der Waals surface area contributed by atoms with Gasteiger partial charge in [-0.25, -0.2) is 8.42 Å². The zero-order chi connectivity index (χ0) is 13.8. The Morgan fingerprint density at radius 3 is 2.28 bits per heavy atom. The number of carbonyl (C=O) groups is 1. The van der Waals surface area contributed by atoms with Gasteiger partial charge in [0.15, 0.2) is 9.84 Å². The van der Waals surface area contributed by atoms with E-state index in [1.165, 1.54) is 17.0 Å². The molecule has 6 heteroatoms. The molecule has 0 atom stereocenters. The first-order chi connectivity index (χ1) is 8.42. The molecule has 2 N–H and O–H groups in total. The largest absolute Gasteiger partial charge is 0.330 e. The second-order valence-electron chi connectivity index (χ2n) is 3.89. The lowest BCUT2D eigenvalue weighted by molar-refractivity contribution is -0.118. The van der Waals surface area contributed by atoms with Crippen molar-refractivity contribution in [2.75, 3.05) is 24.2 Å². The average molecular weight is 270 g/mol. The molecule has 0 aliphatic rings. The zero-order valence-electron chi connectivity index (χ0n) is 10.6. The highest BCUT2D eigenvalue weighted by molar-refractivity contribution is 7.91. The Morgan fingerprint density at radius 2 is 1.83 bits per heavy atom. The summed E-state index contributed by atoms with van der Waals surface area (Å²) in [5, 5.41) is 0. The number of nitrogens with two attached hydrogens (primary N) is 1. The van der Waals surface area contributed by atoms with Crippen LogP contribution in [0.1, 0.15) is 13.3 Å². The number of anilines is 1. The highest BCUT2D eigenvalue weighted by atomic mass is 32.2. The van der Waals surface area contributed by atoms with E-state index < -0.39 is 9.84 Å². The monoisotopic (exact) mass is 270 g/mol. The van der Waals surface area contributed by atoms with E-state index in [2.05, 4.69) is 0 Å². The van der Waals surface area contributed by atoms with E-state index in [1.54, 1.807) is 26.1 Å². The summed E-state index contributed by atoms with van der Waals surface area (Å²) in [6, 6.07) is 6.27. The van der Waals surface area contributed by atoms with Crippen LogP contribution in [0.4, 0.5) is 5.69 Å². The van der Waals surface area contributed by atoms with Crippen molar-refractivity contribution in [1.82, 2.24) is 0 Å². The normalized spacial score (nSPS) is 11.3. The standard InChI is InChI=1S/C12H18N2O3S/c1-3-18(16,17)11-6-4-10(5-7-11)14(2)12(15)8-9-13/h4-7H,3,8-9,13H2,1-2H3. The third-order valence-electron chi connectivity index (χ3n) is 2.70. The number of carbonyl (C=O) groups excluding carboxylic acids is 1. The minimum Gasteiger partial charge on any atom is -0.330 e. The first-order valence-corrected chi connectivity index (χ1v) is 7.37. The fraction of sp³-hybridized carbons (Fsp3) is 0.417. The van der Waals surface area contributed by atoms with Crippen molar-refractivity contribution in [3.8, 4) is 0 Å². The van der Waals surface area contributed by atoms with Crippen LogP contribution in [-0.4, -0.2) is 33.7 Å². The van der Waals surface area contributed by atoms with Gasteiger partial charge in [-0.15, -0.1) is 0 Å². The molecule has 5 nitrogen and oxygen atoms in total. The van der Waals surface area contributed by atoms with E-state index in [0.29, 0.717) is 12.2 Å². The van der Waals surface area contributed by atoms with Crippen LogP contribution in [0.2, 0.25) is 0 Å². The third kappa shape index (κ3) is 3.30. The van der Waals surface area contributed by atoms with Crippen molar-refractivity contribution in [2.24, 2.45) is 5.73 Å². The van der Waals surface area contributed by atoms with Gasteiger partial charge in [0.1, 0.15) is 0 Å². The maximum atomic E-state index is 11.6. The van der Waals surface area contributed by atoms with E-state index in [-0.39, 0.29) is 23.0 Å². The molecule has 0 spiro atoms. The highest BCUT2D eigenvalue weighted by Gasteiger charge is 2.13. The number of nitrogens with zero attached hydrogens (tertiary/aromatic N) is 1. The molecule has 0 unspecified atom stereocenters. The van der Waals surface area contributed by atoms with Gasteiger partial charge in [0.25, 0.3) is 0 Å². The second kappa shape index (κ2) is 5.97. The summed E-state index contributed by atoms with van der Waals surface area (Å²) in [5.74, 6) is -0.0301. The lowest BCUT2D eigenvalue weighted by atomic mass is 10.3. The van der Waals surface area contributed by atoms with Gasteiger partial charge < -0.3 is 10.6 Å². The van der Waals surface area contributed by atoms with Gasteiger partial charge in [-0.05, 0) is 24.3 Å². The molecule has 100 valence electrons. The van der Waals surface area contributed by atoms with Crippen LogP contribution in [0, 0.1) is 0 Å². The fourth-order valence-electron chi connectivity index (χ4n) is 1.48. The molecule has 1 rings (SSSR count). The minimum absolute atomic E-state index is 0.0638. The molecule has 1 aromatic carbocycles. The number of hydrogen-bond donors (Lipinski definition) is 1. The SMILES string of the molecule is CCS(=O)(=O)c1ccc(N(C)C(=O)CCN)cc1. The Kier molecular flexibility index (Phi) is 4.86. The average Bonchev–Trinajstić information content (AvgIpc) is 2.38. The van der Waals surface area contributed by atoms with Crippen LogP contribution in [0.5, 0.6) is 0 Å². The third-order valence-corrected chi connectivity index (χ3v) is 4.45. The Labute approximate surface area is 108 Å². The molecule has 0 heterocycles. The summed E-state index contributed by atoms with van der Waals surface area (Å²) in [7, 11) is -1.55. The molecule has 0 bridgehead atoms. The summed E-state index contributed by atoms with van der Waals surface area (Å²) in [5.41, 5.74) is 5.97. The molecular weight excluding hydrogens is 252 g/mol. The molecule has 0 fully saturated rings. The first kappa shape index (κ1) is 14.7. The molecule has 0 aliphatic carbocycles. The van der Waals surface area contributed by atoms with Crippen LogP contribution < -0.4 is 10.6 Å². The molecule has 0 radical (unpaired) electrons. The summed E-state index contributed by atoms with van der Waals surface area (Å²) in [6.07, 6.45) is 0.269. The van der Waals surface area contributed by atoms with Gasteiger partial charge in [0.2, 0.25) is 5.91 Å². The molecule has 0 aliphatic heterocycles. The molecule has 1 amide bonds. The molecule has 1 aromatic rings. The zero-order valence-corrected chi connectivity index (χ0v) is 11.4. The number of sulfone groups is 1. The predicted molar refractivity (Wildman–Crippen MR) is 71.3 cm³/mol. The lowest BCUT2D eigenvalue weighted by Crippen LogP contribution is -2.28. The second-order valence-corrected chi connectivity index (χ2v) is 6.17. The van der Waals surface area contributed by atoms with E-state index in [0.717, 1.165) is 0 Å². The lowest BCUT2D eigenvalue weighted by Gasteiger charge is -2.17. The number of amides is 1. The Balaban J connectivity index is 2.93. The van der Waals surface area contributed by atoms with E-state index >= 15 is 0 Å². The number of benzene rings is 1. The van der Waals surface area contributed by atoms with Gasteiger partial charge in [0, 0.05) is 25.7 Å². The van der Waals surface area contributed by atoms with Crippen molar-refractivity contribution in [1.29, 1.82) is 0 Å². The summed E-state index contributed by atoms with van der Waals surface area (Å²) in [4.78, 5) is 13.3. The van der Waals surface area contributed by atoms with E-state index in [9.17, 15) is 13.2 Å². The highest BCUT2D eigenvalue weighted by Crippen LogP contribution is 2.18. The maximum absolute atomic E-state index is 11.6. The maximum Gasteiger partial charge on any atom is 0.227 e. The number of rotatable bonds is 5. The topological polar surface area (TPSA) is 80.5 Å². The molecule has 0 saturated heterocycles. The van der Waals surface area contributed by atoms with Crippen molar-refractivity contribution in [2.45, 2.75) is 18.2 Å². The Hall–Kier alpha value is -1.40. The fourth-order valence-corrected chi connectivity index (χ4v) is 2.36. The smallest absolute Gasteiger partial charge is 0.227 e. The van der Waals surface area contributed by atoms with Crippen molar-refractivity contribution in [3.05, 3.63) is 24.3 Å². The van der Waals surface area contributed by atoms with E-state index in [4.69, 9.17) is 5.73 Å². The van der Waals surface area contributed by atoms with Crippen LogP contribution in [-0.2, 0) is 14.6 Å². The Morgan fingerprint density at radius 1 is 1.28 bits per heavy atom. The van der Waals surface area contributed by atoms with E-state index in [1.807, 2.05) is 0 Å². The predicted octanol–water partition coefficient (Wildman–Crippen LogP) is 0.792. The Bertz CT molecular complexity index is 509. The van der Waals surface area contributed by atoms with Gasteiger partial charge in [-0.1, -0.05) is 6.92 Å². The van der Waals surface area contributed by atoms with Gasteiger partial charge >= 0.3 is 0 Å². The molecule has 0 saturated carbocycles. The van der Waals surface area contributed by atoms with Crippen LogP contribution in [0.15, 0.2) is 29.2 Å². The van der Waals surface area contributed by atoms with Crippen molar-refractivity contribution < 1.29 is 13.2 Å².